The molecule has 0 aliphatic carbocycles. The van der Waals surface area contributed by atoms with Crippen molar-refractivity contribution in [2.24, 2.45) is 0 Å². The van der Waals surface area contributed by atoms with Crippen LogP contribution in [0.4, 0.5) is 0 Å². The Morgan fingerprint density at radius 2 is 2.14 bits per heavy atom. The van der Waals surface area contributed by atoms with Gasteiger partial charge in [0.05, 0.1) is 5.03 Å². The molecule has 0 unspecified atom stereocenters. The third-order valence-electron chi connectivity index (χ3n) is 2.26. The molecule has 1 aromatic heterocycles. The molecule has 2 nitrogen and oxygen atoms in total. The summed E-state index contributed by atoms with van der Waals surface area (Å²) in [6.07, 6.45) is 2.44. The van der Waals surface area contributed by atoms with E-state index < -0.39 is 0 Å². The summed E-state index contributed by atoms with van der Waals surface area (Å²) in [6.45, 7) is 2.25. The summed E-state index contributed by atoms with van der Waals surface area (Å²) < 4.78 is 0. The van der Waals surface area contributed by atoms with Gasteiger partial charge in [0.1, 0.15) is 5.15 Å². The van der Waals surface area contributed by atoms with Gasteiger partial charge in [-0.25, -0.2) is 4.98 Å². The Kier molecular flexibility index (Phi) is 3.67. The number of hydrogen-bond acceptors (Lipinski definition) is 3. The lowest BCUT2D eigenvalue weighted by atomic mass is 10.2. The van der Waals surface area contributed by atoms with Crippen molar-refractivity contribution in [3.05, 3.63) is 23.4 Å². The minimum atomic E-state index is 0.587. The van der Waals surface area contributed by atoms with Gasteiger partial charge in [-0.3, -0.25) is 0 Å². The zero-order valence-corrected chi connectivity index (χ0v) is 9.44. The maximum Gasteiger partial charge on any atom is 0.130 e. The Labute approximate surface area is 93.4 Å². The van der Waals surface area contributed by atoms with Crippen molar-refractivity contribution in [3.8, 4) is 0 Å². The standard InChI is InChI=1S/C10H13ClN2S/c11-9-2-1-3-10(13-9)14-8-4-6-12-7-5-8/h1-3,8,12H,4-7H2/i9+2,10+2. The molecule has 14 heavy (non-hydrogen) atoms. The summed E-state index contributed by atoms with van der Waals surface area (Å²) in [6, 6.07) is 5.80. The summed E-state index contributed by atoms with van der Waals surface area (Å²) in [5.74, 6) is 0. The Morgan fingerprint density at radius 1 is 1.36 bits per heavy atom. The molecule has 0 radical (unpaired) electrons. The second-order valence-corrected chi connectivity index (χ2v) is 5.07. The summed E-state index contributed by atoms with van der Waals surface area (Å²) in [5, 5.41) is 5.68. The fourth-order valence-corrected chi connectivity index (χ4v) is 2.87. The summed E-state index contributed by atoms with van der Waals surface area (Å²) in [4.78, 5) is 4.28. The van der Waals surface area contributed by atoms with Crippen molar-refractivity contribution in [2.75, 3.05) is 13.1 Å². The molecule has 1 aliphatic heterocycles. The monoisotopic (exact) mass is 232 g/mol. The van der Waals surface area contributed by atoms with Crippen molar-refractivity contribution in [2.45, 2.75) is 23.1 Å². The van der Waals surface area contributed by atoms with Gasteiger partial charge < -0.3 is 5.32 Å². The second kappa shape index (κ2) is 5.01. The molecule has 2 heterocycles. The van der Waals surface area contributed by atoms with Crippen LogP contribution in [0.2, 0.25) is 5.15 Å². The number of halogens is 1. The van der Waals surface area contributed by atoms with Gasteiger partial charge in [0.15, 0.2) is 0 Å². The Balaban J connectivity index is 1.95. The van der Waals surface area contributed by atoms with Gasteiger partial charge >= 0.3 is 0 Å². The lowest BCUT2D eigenvalue weighted by Crippen LogP contribution is -2.29. The van der Waals surface area contributed by atoms with E-state index in [1.54, 1.807) is 0 Å². The molecule has 1 saturated heterocycles. The SMILES string of the molecule is Cl[14c]1ccc[14c](SC2CCNCC2)n1. The number of piperidine rings is 1. The maximum atomic E-state index is 5.83. The van der Waals surface area contributed by atoms with E-state index in [-0.39, 0.29) is 0 Å². The van der Waals surface area contributed by atoms with Crippen molar-refractivity contribution in [1.29, 1.82) is 0 Å². The zero-order chi connectivity index (χ0) is 9.80. The highest BCUT2D eigenvalue weighted by molar-refractivity contribution is 7.99. The molecule has 2 rings (SSSR count). The van der Waals surface area contributed by atoms with Gasteiger partial charge in [0.25, 0.3) is 0 Å². The number of nitrogens with one attached hydrogen (secondary N) is 1. The number of thioether (sulfide) groups is 1. The number of hydrogen-bond donors (Lipinski definition) is 1. The van der Waals surface area contributed by atoms with Crippen LogP contribution in [0.1, 0.15) is 12.8 Å². The predicted molar refractivity (Wildman–Crippen MR) is 61.0 cm³/mol. The first-order chi connectivity index (χ1) is 6.84. The van der Waals surface area contributed by atoms with Crippen molar-refractivity contribution >= 4 is 23.4 Å². The number of pyridine rings is 1. The van der Waals surface area contributed by atoms with E-state index in [2.05, 4.69) is 10.3 Å². The van der Waals surface area contributed by atoms with Crippen LogP contribution in [0.15, 0.2) is 23.2 Å². The maximum absolute atomic E-state index is 5.83. The molecule has 76 valence electrons. The van der Waals surface area contributed by atoms with Crippen LogP contribution < -0.4 is 5.32 Å². The van der Waals surface area contributed by atoms with E-state index in [0.29, 0.717) is 10.4 Å². The van der Waals surface area contributed by atoms with Gasteiger partial charge in [-0.05, 0) is 38.1 Å². The topological polar surface area (TPSA) is 24.9 Å². The molecule has 0 atom stereocenters. The van der Waals surface area contributed by atoms with E-state index in [1.807, 2.05) is 30.0 Å². The van der Waals surface area contributed by atoms with Crippen LogP contribution in [-0.2, 0) is 0 Å². The molecular formula is C10H13ClN2S. The van der Waals surface area contributed by atoms with Gasteiger partial charge in [-0.2, -0.15) is 0 Å². The summed E-state index contributed by atoms with van der Waals surface area (Å²) in [7, 11) is 0. The number of nitrogens with zero attached hydrogens (tertiary/aromatic N) is 1. The molecule has 0 bridgehead atoms. The highest BCUT2D eigenvalue weighted by atomic mass is 35.5. The van der Waals surface area contributed by atoms with Crippen molar-refractivity contribution in [1.82, 2.24) is 10.3 Å². The van der Waals surface area contributed by atoms with Crippen molar-refractivity contribution < 1.29 is 0 Å². The minimum absolute atomic E-state index is 0.587. The number of aromatic nitrogens is 1. The van der Waals surface area contributed by atoms with Crippen molar-refractivity contribution in [3.63, 3.8) is 0 Å². The molecule has 0 amide bonds. The van der Waals surface area contributed by atoms with Gasteiger partial charge in [0, 0.05) is 5.25 Å². The number of rotatable bonds is 2. The predicted octanol–water partition coefficient (Wildman–Crippen LogP) is 2.58. The van der Waals surface area contributed by atoms with Crippen LogP contribution in [0, 0.1) is 0 Å². The quantitative estimate of drug-likeness (QED) is 0.794. The highest BCUT2D eigenvalue weighted by Crippen LogP contribution is 2.27. The molecule has 0 aromatic carbocycles. The van der Waals surface area contributed by atoms with Crippen LogP contribution in [0.25, 0.3) is 0 Å². The van der Waals surface area contributed by atoms with Gasteiger partial charge in [0.2, 0.25) is 0 Å². The van der Waals surface area contributed by atoms with E-state index >= 15 is 0 Å². The van der Waals surface area contributed by atoms with Crippen LogP contribution >= 0.6 is 23.4 Å². The molecule has 4 heteroatoms. The molecular weight excluding hydrogens is 220 g/mol. The first kappa shape index (κ1) is 10.3. The van der Waals surface area contributed by atoms with Crippen LogP contribution in [0.3, 0.4) is 0 Å². The fraction of sp³-hybridized carbons (Fsp3) is 0.500. The van der Waals surface area contributed by atoms with Gasteiger partial charge in [-0.15, -0.1) is 11.8 Å². The molecule has 1 N–H and O–H groups in total. The Morgan fingerprint density at radius 3 is 2.86 bits per heavy atom. The normalized spacial score (nSPS) is 18.4. The summed E-state index contributed by atoms with van der Waals surface area (Å²) >= 11 is 7.67. The third kappa shape index (κ3) is 2.87. The highest BCUT2D eigenvalue weighted by Gasteiger charge is 2.14. The summed E-state index contributed by atoms with van der Waals surface area (Å²) in [5.41, 5.74) is 0. The Hall–Kier alpha value is -0.250. The second-order valence-electron chi connectivity index (χ2n) is 3.37. The Bertz CT molecular complexity index is 300. The van der Waals surface area contributed by atoms with E-state index in [1.165, 1.54) is 12.8 Å². The van der Waals surface area contributed by atoms with Crippen LogP contribution in [0.5, 0.6) is 0 Å². The lowest BCUT2D eigenvalue weighted by molar-refractivity contribution is 0.531. The average molecular weight is 233 g/mol. The third-order valence-corrected chi connectivity index (χ3v) is 3.75. The fourth-order valence-electron chi connectivity index (χ4n) is 1.54. The first-order valence-corrected chi connectivity index (χ1v) is 6.10. The zero-order valence-electron chi connectivity index (χ0n) is 7.87. The minimum Gasteiger partial charge on any atom is -0.317 e. The largest absolute Gasteiger partial charge is 0.317 e. The molecule has 0 spiro atoms. The van der Waals surface area contributed by atoms with Crippen LogP contribution in [-0.4, -0.2) is 23.3 Å². The van der Waals surface area contributed by atoms with E-state index in [0.717, 1.165) is 18.1 Å². The smallest absolute Gasteiger partial charge is 0.130 e. The van der Waals surface area contributed by atoms with Gasteiger partial charge in [-0.1, -0.05) is 17.7 Å². The molecule has 1 fully saturated rings. The van der Waals surface area contributed by atoms with E-state index in [9.17, 15) is 0 Å². The molecule has 1 aromatic rings. The first-order valence-electron chi connectivity index (χ1n) is 4.84. The van der Waals surface area contributed by atoms with E-state index in [4.69, 9.17) is 11.6 Å². The average Bonchev–Trinajstić information content (AvgIpc) is 2.19. The molecule has 1 aliphatic rings. The lowest BCUT2D eigenvalue weighted by Gasteiger charge is -2.21. The molecule has 0 saturated carbocycles.